The van der Waals surface area contributed by atoms with Crippen molar-refractivity contribution < 1.29 is 4.74 Å². The number of aryl methyl sites for hydroxylation is 1. The molecular weight excluding hydrogens is 456 g/mol. The van der Waals surface area contributed by atoms with Crippen LogP contribution in [0.3, 0.4) is 0 Å². The molecule has 0 saturated carbocycles. The average molecular weight is 483 g/mol. The van der Waals surface area contributed by atoms with Gasteiger partial charge in [0.15, 0.2) is 5.65 Å². The molecule has 0 aliphatic carbocycles. The van der Waals surface area contributed by atoms with E-state index >= 15 is 0 Å². The Morgan fingerprint density at radius 2 is 2.03 bits per heavy atom. The van der Waals surface area contributed by atoms with Crippen molar-refractivity contribution in [2.75, 3.05) is 24.6 Å². The van der Waals surface area contributed by atoms with E-state index in [-0.39, 0.29) is 23.1 Å². The van der Waals surface area contributed by atoms with Crippen LogP contribution in [0.15, 0.2) is 23.1 Å². The fourth-order valence-electron chi connectivity index (χ4n) is 5.52. The van der Waals surface area contributed by atoms with Crippen LogP contribution >= 0.6 is 11.6 Å². The second-order valence-corrected chi connectivity index (χ2v) is 10.0. The normalized spacial score (nSPS) is 22.4. The van der Waals surface area contributed by atoms with Crippen molar-refractivity contribution in [2.45, 2.75) is 31.9 Å². The van der Waals surface area contributed by atoms with Crippen molar-refractivity contribution in [1.82, 2.24) is 29.5 Å². The van der Waals surface area contributed by atoms with Gasteiger partial charge in [-0.25, -0.2) is 0 Å². The largest absolute Gasteiger partial charge is 0.376 e. The Balaban J connectivity index is 1.38. The number of hydrogen-bond donors (Lipinski definition) is 2. The topological polar surface area (TPSA) is 120 Å². The summed E-state index contributed by atoms with van der Waals surface area (Å²) in [6, 6.07) is 3.78. The molecule has 1 spiro atoms. The van der Waals surface area contributed by atoms with Gasteiger partial charge in [-0.15, -0.1) is 0 Å². The molecule has 2 atom stereocenters. The molecule has 11 heteroatoms. The number of nitrogens with zero attached hydrogens (tertiary/aromatic N) is 6. The fraction of sp³-hybridized carbons (Fsp3) is 0.478. The van der Waals surface area contributed by atoms with Gasteiger partial charge in [-0.1, -0.05) is 11.6 Å². The molecule has 178 valence electrons. The average Bonchev–Trinajstić information content (AvgIpc) is 3.50. The lowest BCUT2D eigenvalue weighted by atomic mass is 9.73. The molecule has 2 aliphatic rings. The number of aromatic nitrogens is 6. The van der Waals surface area contributed by atoms with Crippen LogP contribution in [0.2, 0.25) is 5.02 Å². The highest BCUT2D eigenvalue weighted by Gasteiger charge is 2.47. The lowest BCUT2D eigenvalue weighted by molar-refractivity contribution is 0.0973. The molecule has 34 heavy (non-hydrogen) atoms. The molecule has 0 amide bonds. The van der Waals surface area contributed by atoms with Crippen molar-refractivity contribution in [3.63, 3.8) is 0 Å². The first-order chi connectivity index (χ1) is 16.3. The van der Waals surface area contributed by atoms with E-state index in [0.29, 0.717) is 39.9 Å². The number of ether oxygens (including phenoxy) is 1. The molecule has 6 rings (SSSR count). The summed E-state index contributed by atoms with van der Waals surface area (Å²) in [5.74, 6) is 0.611. The summed E-state index contributed by atoms with van der Waals surface area (Å²) in [5, 5.41) is 13.5. The van der Waals surface area contributed by atoms with Crippen LogP contribution in [0.25, 0.3) is 33.2 Å². The summed E-state index contributed by atoms with van der Waals surface area (Å²) in [5.41, 5.74) is 8.72. The van der Waals surface area contributed by atoms with Crippen LogP contribution in [-0.2, 0) is 18.8 Å². The van der Waals surface area contributed by atoms with E-state index in [9.17, 15) is 4.79 Å². The number of anilines is 1. The molecule has 0 unspecified atom stereocenters. The first-order valence-corrected chi connectivity index (χ1v) is 11.9. The third kappa shape index (κ3) is 3.02. The van der Waals surface area contributed by atoms with E-state index in [4.69, 9.17) is 27.1 Å². The molecule has 4 aromatic rings. The molecule has 2 saturated heterocycles. The highest BCUT2D eigenvalue weighted by atomic mass is 35.5. The van der Waals surface area contributed by atoms with Gasteiger partial charge in [0.1, 0.15) is 5.39 Å². The maximum atomic E-state index is 13.5. The Labute approximate surface area is 200 Å². The molecule has 2 aliphatic heterocycles. The first kappa shape index (κ1) is 21.6. The molecule has 2 fully saturated rings. The SMILES string of the molecule is C[C@@H]1OCC2(CCN(c3nc4n[nH]c(-c5ccc6nn(C)cc6c5Cl)c4c(=O)n3C)CC2)[C@@H]1N. The Hall–Kier alpha value is -2.95. The summed E-state index contributed by atoms with van der Waals surface area (Å²) in [7, 11) is 3.60. The number of fused-ring (bicyclic) bond motifs is 2. The van der Waals surface area contributed by atoms with Gasteiger partial charge in [0.2, 0.25) is 5.95 Å². The summed E-state index contributed by atoms with van der Waals surface area (Å²) < 4.78 is 9.15. The number of halogens is 1. The smallest absolute Gasteiger partial charge is 0.266 e. The predicted octanol–water partition coefficient (Wildman–Crippen LogP) is 2.20. The monoisotopic (exact) mass is 482 g/mol. The van der Waals surface area contributed by atoms with Crippen molar-refractivity contribution in [3.8, 4) is 11.3 Å². The zero-order valence-corrected chi connectivity index (χ0v) is 20.1. The maximum Gasteiger partial charge on any atom is 0.266 e. The number of nitrogens with two attached hydrogens (primary N) is 1. The number of nitrogens with one attached hydrogen (secondary N) is 1. The minimum absolute atomic E-state index is 0.0000772. The highest BCUT2D eigenvalue weighted by Crippen LogP contribution is 2.42. The van der Waals surface area contributed by atoms with Crippen LogP contribution in [0, 0.1) is 5.41 Å². The van der Waals surface area contributed by atoms with Crippen LogP contribution in [-0.4, -0.2) is 61.4 Å². The molecular formula is C23H27ClN8O2. The van der Waals surface area contributed by atoms with E-state index in [2.05, 4.69) is 20.2 Å². The summed E-state index contributed by atoms with van der Waals surface area (Å²) in [4.78, 5) is 20.4. The molecule has 10 nitrogen and oxygen atoms in total. The Morgan fingerprint density at radius 1 is 1.26 bits per heavy atom. The van der Waals surface area contributed by atoms with Crippen molar-refractivity contribution in [1.29, 1.82) is 0 Å². The van der Waals surface area contributed by atoms with Crippen LogP contribution in [0.1, 0.15) is 19.8 Å². The van der Waals surface area contributed by atoms with Gasteiger partial charge >= 0.3 is 0 Å². The van der Waals surface area contributed by atoms with Crippen LogP contribution in [0.4, 0.5) is 5.95 Å². The van der Waals surface area contributed by atoms with Gasteiger partial charge < -0.3 is 15.4 Å². The summed E-state index contributed by atoms with van der Waals surface area (Å²) >= 11 is 6.71. The number of piperidine rings is 1. The lowest BCUT2D eigenvalue weighted by Gasteiger charge is -2.41. The molecule has 1 aromatic carbocycles. The van der Waals surface area contributed by atoms with Gasteiger partial charge in [0.25, 0.3) is 5.56 Å². The van der Waals surface area contributed by atoms with Crippen molar-refractivity contribution >= 4 is 39.5 Å². The Morgan fingerprint density at radius 3 is 2.74 bits per heavy atom. The van der Waals surface area contributed by atoms with Gasteiger partial charge in [0.05, 0.1) is 28.9 Å². The van der Waals surface area contributed by atoms with Gasteiger partial charge in [-0.05, 0) is 31.9 Å². The van der Waals surface area contributed by atoms with E-state index in [1.807, 2.05) is 32.3 Å². The molecule has 0 bridgehead atoms. The minimum atomic E-state index is -0.166. The highest BCUT2D eigenvalue weighted by molar-refractivity contribution is 6.38. The summed E-state index contributed by atoms with van der Waals surface area (Å²) in [6.07, 6.45) is 3.74. The third-order valence-corrected chi connectivity index (χ3v) is 8.07. The number of hydrogen-bond acceptors (Lipinski definition) is 7. The molecule has 3 aromatic heterocycles. The fourth-order valence-corrected chi connectivity index (χ4v) is 5.82. The zero-order valence-electron chi connectivity index (χ0n) is 19.4. The predicted molar refractivity (Wildman–Crippen MR) is 131 cm³/mol. The van der Waals surface area contributed by atoms with E-state index in [1.165, 1.54) is 0 Å². The quantitative estimate of drug-likeness (QED) is 0.449. The van der Waals surface area contributed by atoms with E-state index in [1.54, 1.807) is 16.3 Å². The van der Waals surface area contributed by atoms with Crippen LogP contribution < -0.4 is 16.2 Å². The Kier molecular flexibility index (Phi) is 4.78. The lowest BCUT2D eigenvalue weighted by Crippen LogP contribution is -2.51. The van der Waals surface area contributed by atoms with E-state index in [0.717, 1.165) is 36.8 Å². The minimum Gasteiger partial charge on any atom is -0.376 e. The summed E-state index contributed by atoms with van der Waals surface area (Å²) in [6.45, 7) is 4.25. The molecule has 0 radical (unpaired) electrons. The third-order valence-electron chi connectivity index (χ3n) is 7.67. The Bertz CT molecular complexity index is 1480. The number of H-pyrrole nitrogens is 1. The van der Waals surface area contributed by atoms with E-state index < -0.39 is 0 Å². The molecule has 3 N–H and O–H groups in total. The van der Waals surface area contributed by atoms with Gasteiger partial charge in [-0.2, -0.15) is 15.2 Å². The molecule has 5 heterocycles. The number of rotatable bonds is 2. The van der Waals surface area contributed by atoms with Crippen LogP contribution in [0.5, 0.6) is 0 Å². The first-order valence-electron chi connectivity index (χ1n) is 11.5. The van der Waals surface area contributed by atoms with Gasteiger partial charge in [0, 0.05) is 55.8 Å². The number of benzene rings is 1. The zero-order chi connectivity index (χ0) is 23.8. The van der Waals surface area contributed by atoms with Gasteiger partial charge in [-0.3, -0.25) is 19.1 Å². The maximum absolute atomic E-state index is 13.5. The van der Waals surface area contributed by atoms with Crippen molar-refractivity contribution in [3.05, 3.63) is 33.7 Å². The number of aromatic amines is 1. The standard InChI is InChI=1S/C23H27ClN8O2/c1-12-19(25)23(11-34-12)6-8-32(9-7-23)22-26-20-16(21(33)31(22)3)18(27-28-20)13-4-5-15-14(17(13)24)10-30(2)29-15/h4-5,10,12,19H,6-9,11,25H2,1-3H3,(H,27,28)/t12-,19+/m0/s1. The second-order valence-electron chi connectivity index (χ2n) is 9.63. The van der Waals surface area contributed by atoms with Crippen molar-refractivity contribution in [2.24, 2.45) is 25.2 Å². The second kappa shape index (κ2) is 7.53.